The van der Waals surface area contributed by atoms with Crippen molar-refractivity contribution in [3.05, 3.63) is 34.3 Å². The minimum atomic E-state index is -0.766. The highest BCUT2D eigenvalue weighted by molar-refractivity contribution is 9.10. The molecule has 0 aliphatic rings. The zero-order valence-corrected chi connectivity index (χ0v) is 10.8. The van der Waals surface area contributed by atoms with Crippen LogP contribution >= 0.6 is 15.9 Å². The molecular formula is C12H13BrO3. The first-order valence-corrected chi connectivity index (χ1v) is 5.75. The summed E-state index contributed by atoms with van der Waals surface area (Å²) >= 11 is 3.31. The van der Waals surface area contributed by atoms with Crippen LogP contribution in [-0.4, -0.2) is 11.8 Å². The SMILES string of the molecule is CC(C)C(=O)C(=O)OCc1ccc(Br)cc1. The maximum atomic E-state index is 11.2. The van der Waals surface area contributed by atoms with Crippen LogP contribution in [0.2, 0.25) is 0 Å². The van der Waals surface area contributed by atoms with Crippen LogP contribution in [0.25, 0.3) is 0 Å². The number of carbonyl (C=O) groups is 2. The lowest BCUT2D eigenvalue weighted by atomic mass is 10.1. The van der Waals surface area contributed by atoms with Gasteiger partial charge < -0.3 is 4.74 Å². The van der Waals surface area contributed by atoms with Crippen molar-refractivity contribution in [2.75, 3.05) is 0 Å². The first-order valence-electron chi connectivity index (χ1n) is 4.96. The molecule has 0 bridgehead atoms. The summed E-state index contributed by atoms with van der Waals surface area (Å²) in [6.45, 7) is 3.47. The van der Waals surface area contributed by atoms with Crippen molar-refractivity contribution in [3.63, 3.8) is 0 Å². The molecule has 0 aliphatic carbocycles. The zero-order chi connectivity index (χ0) is 12.1. The molecule has 1 aromatic carbocycles. The Morgan fingerprint density at radius 2 is 1.81 bits per heavy atom. The summed E-state index contributed by atoms with van der Waals surface area (Å²) in [5.74, 6) is -1.58. The first-order chi connectivity index (χ1) is 7.50. The predicted molar refractivity (Wildman–Crippen MR) is 63.8 cm³/mol. The standard InChI is InChI=1S/C12H13BrO3/c1-8(2)11(14)12(15)16-7-9-3-5-10(13)6-4-9/h3-6,8H,7H2,1-2H3. The van der Waals surface area contributed by atoms with Crippen LogP contribution in [0.3, 0.4) is 0 Å². The lowest BCUT2D eigenvalue weighted by molar-refractivity contribution is -0.156. The molecule has 16 heavy (non-hydrogen) atoms. The van der Waals surface area contributed by atoms with E-state index in [1.807, 2.05) is 24.3 Å². The second-order valence-electron chi connectivity index (χ2n) is 3.72. The second kappa shape index (κ2) is 5.80. The van der Waals surface area contributed by atoms with Gasteiger partial charge in [0.05, 0.1) is 0 Å². The van der Waals surface area contributed by atoms with Crippen molar-refractivity contribution in [1.82, 2.24) is 0 Å². The third kappa shape index (κ3) is 3.77. The smallest absolute Gasteiger partial charge is 0.375 e. The van der Waals surface area contributed by atoms with Crippen molar-refractivity contribution in [1.29, 1.82) is 0 Å². The Hall–Kier alpha value is -1.16. The lowest BCUT2D eigenvalue weighted by Gasteiger charge is -2.05. The van der Waals surface area contributed by atoms with Gasteiger partial charge in [0.1, 0.15) is 6.61 Å². The highest BCUT2D eigenvalue weighted by atomic mass is 79.9. The molecule has 0 amide bonds. The van der Waals surface area contributed by atoms with E-state index in [1.54, 1.807) is 13.8 Å². The molecule has 0 unspecified atom stereocenters. The molecular weight excluding hydrogens is 272 g/mol. The summed E-state index contributed by atoms with van der Waals surface area (Å²) in [6.07, 6.45) is 0. The molecule has 0 radical (unpaired) electrons. The lowest BCUT2D eigenvalue weighted by Crippen LogP contribution is -2.22. The van der Waals surface area contributed by atoms with Crippen LogP contribution in [0.1, 0.15) is 19.4 Å². The van der Waals surface area contributed by atoms with E-state index < -0.39 is 11.8 Å². The van der Waals surface area contributed by atoms with Gasteiger partial charge in [0.15, 0.2) is 0 Å². The predicted octanol–water partition coefficient (Wildman–Crippen LogP) is 2.72. The molecule has 1 rings (SSSR count). The average Bonchev–Trinajstić information content (AvgIpc) is 2.26. The monoisotopic (exact) mass is 284 g/mol. The minimum absolute atomic E-state index is 0.130. The normalized spacial score (nSPS) is 10.2. The largest absolute Gasteiger partial charge is 0.455 e. The maximum Gasteiger partial charge on any atom is 0.375 e. The van der Waals surface area contributed by atoms with Gasteiger partial charge in [-0.15, -0.1) is 0 Å². The van der Waals surface area contributed by atoms with Gasteiger partial charge in [0.25, 0.3) is 0 Å². The fourth-order valence-corrected chi connectivity index (χ4v) is 1.30. The Balaban J connectivity index is 2.49. The summed E-state index contributed by atoms with van der Waals surface area (Å²) in [5, 5.41) is 0. The quantitative estimate of drug-likeness (QED) is 0.631. The Kier molecular flexibility index (Phi) is 4.68. The van der Waals surface area contributed by atoms with Crippen LogP contribution in [0, 0.1) is 5.92 Å². The number of benzene rings is 1. The van der Waals surface area contributed by atoms with E-state index in [-0.39, 0.29) is 12.5 Å². The van der Waals surface area contributed by atoms with Gasteiger partial charge in [-0.1, -0.05) is 41.9 Å². The fourth-order valence-electron chi connectivity index (χ4n) is 1.04. The number of ketones is 1. The van der Waals surface area contributed by atoms with Crippen LogP contribution in [0.5, 0.6) is 0 Å². The first kappa shape index (κ1) is 12.9. The Bertz CT molecular complexity index is 382. The number of esters is 1. The van der Waals surface area contributed by atoms with Gasteiger partial charge in [0.2, 0.25) is 5.78 Å². The number of carbonyl (C=O) groups excluding carboxylic acids is 2. The van der Waals surface area contributed by atoms with Gasteiger partial charge in [-0.2, -0.15) is 0 Å². The molecule has 0 saturated carbocycles. The Morgan fingerprint density at radius 1 is 1.25 bits per heavy atom. The van der Waals surface area contributed by atoms with Crippen molar-refractivity contribution in [2.24, 2.45) is 5.92 Å². The minimum Gasteiger partial charge on any atom is -0.455 e. The molecule has 3 nitrogen and oxygen atoms in total. The molecule has 4 heteroatoms. The average molecular weight is 285 g/mol. The van der Waals surface area contributed by atoms with E-state index in [4.69, 9.17) is 4.74 Å². The summed E-state index contributed by atoms with van der Waals surface area (Å²) in [7, 11) is 0. The van der Waals surface area contributed by atoms with E-state index in [1.165, 1.54) is 0 Å². The van der Waals surface area contributed by atoms with Crippen molar-refractivity contribution in [2.45, 2.75) is 20.5 Å². The van der Waals surface area contributed by atoms with Crippen LogP contribution in [-0.2, 0) is 20.9 Å². The third-order valence-electron chi connectivity index (χ3n) is 2.01. The second-order valence-corrected chi connectivity index (χ2v) is 4.64. The van der Waals surface area contributed by atoms with Gasteiger partial charge >= 0.3 is 5.97 Å². The fraction of sp³-hybridized carbons (Fsp3) is 0.333. The molecule has 0 N–H and O–H groups in total. The van der Waals surface area contributed by atoms with Crippen LogP contribution in [0.15, 0.2) is 28.7 Å². The topological polar surface area (TPSA) is 43.4 Å². The van der Waals surface area contributed by atoms with Gasteiger partial charge in [-0.05, 0) is 17.7 Å². The Morgan fingerprint density at radius 3 is 2.31 bits per heavy atom. The third-order valence-corrected chi connectivity index (χ3v) is 2.54. The summed E-state index contributed by atoms with van der Waals surface area (Å²) in [5.41, 5.74) is 0.855. The van der Waals surface area contributed by atoms with E-state index >= 15 is 0 Å². The summed E-state index contributed by atoms with van der Waals surface area (Å²) < 4.78 is 5.85. The molecule has 0 saturated heterocycles. The summed E-state index contributed by atoms with van der Waals surface area (Å²) in [6, 6.07) is 7.37. The van der Waals surface area contributed by atoms with Crippen molar-refractivity contribution in [3.8, 4) is 0 Å². The molecule has 0 aromatic heterocycles. The number of Topliss-reactive ketones (excluding diaryl/α,β-unsaturated/α-hetero) is 1. The maximum absolute atomic E-state index is 11.2. The number of ether oxygens (including phenoxy) is 1. The molecule has 1 aromatic rings. The molecule has 0 heterocycles. The molecule has 0 fully saturated rings. The Labute approximate surface area is 103 Å². The number of halogens is 1. The van der Waals surface area contributed by atoms with Crippen LogP contribution in [0.4, 0.5) is 0 Å². The molecule has 0 atom stereocenters. The number of hydrogen-bond acceptors (Lipinski definition) is 3. The van der Waals surface area contributed by atoms with Crippen LogP contribution < -0.4 is 0 Å². The van der Waals surface area contributed by atoms with E-state index in [0.717, 1.165) is 10.0 Å². The number of hydrogen-bond donors (Lipinski definition) is 0. The van der Waals surface area contributed by atoms with E-state index in [0.29, 0.717) is 0 Å². The molecule has 0 aliphatic heterocycles. The number of rotatable bonds is 4. The van der Waals surface area contributed by atoms with Crippen molar-refractivity contribution >= 4 is 27.7 Å². The molecule has 86 valence electrons. The van der Waals surface area contributed by atoms with Crippen molar-refractivity contribution < 1.29 is 14.3 Å². The highest BCUT2D eigenvalue weighted by Crippen LogP contribution is 2.11. The highest BCUT2D eigenvalue weighted by Gasteiger charge is 2.18. The zero-order valence-electron chi connectivity index (χ0n) is 9.20. The van der Waals surface area contributed by atoms with E-state index in [2.05, 4.69) is 15.9 Å². The van der Waals surface area contributed by atoms with Gasteiger partial charge in [-0.25, -0.2) is 4.79 Å². The van der Waals surface area contributed by atoms with Gasteiger partial charge in [-0.3, -0.25) is 4.79 Å². The van der Waals surface area contributed by atoms with E-state index in [9.17, 15) is 9.59 Å². The summed E-state index contributed by atoms with van der Waals surface area (Å²) in [4.78, 5) is 22.5. The molecule has 0 spiro atoms. The van der Waals surface area contributed by atoms with Gasteiger partial charge in [0, 0.05) is 10.4 Å².